The highest BCUT2D eigenvalue weighted by atomic mass is 16.5. The number of nitrogen functional groups attached to an aromatic ring is 1. The lowest BCUT2D eigenvalue weighted by molar-refractivity contribution is -0.116. The molecule has 3 aromatic rings. The minimum atomic E-state index is -0.0103. The Morgan fingerprint density at radius 3 is 2.69 bits per heavy atom. The zero-order valence-corrected chi connectivity index (χ0v) is 14.6. The van der Waals surface area contributed by atoms with Crippen molar-refractivity contribution in [3.63, 3.8) is 0 Å². The smallest absolute Gasteiger partial charge is 0.224 e. The normalized spacial score (nSPS) is 10.3. The van der Waals surface area contributed by atoms with Crippen LogP contribution in [0.5, 0.6) is 11.5 Å². The molecule has 0 aliphatic carbocycles. The van der Waals surface area contributed by atoms with E-state index in [0.29, 0.717) is 30.2 Å². The van der Waals surface area contributed by atoms with E-state index in [2.05, 4.69) is 10.3 Å². The van der Waals surface area contributed by atoms with Crippen molar-refractivity contribution in [2.24, 2.45) is 0 Å². The van der Waals surface area contributed by atoms with Gasteiger partial charge >= 0.3 is 0 Å². The van der Waals surface area contributed by atoms with E-state index in [4.69, 9.17) is 10.5 Å². The molecule has 0 saturated heterocycles. The van der Waals surface area contributed by atoms with Gasteiger partial charge in [0, 0.05) is 24.4 Å². The standard InChI is InChI=1S/C21H21N3O2/c1-15-4-2-6-17(12-15)24-21(25)9-8-16-5-3-7-18(13-16)26-19-10-11-23-20(22)14-19/h2-7,10-14H,8-9H2,1H3,(H2,22,23)(H,24,25). The number of aryl methyl sites for hydroxylation is 2. The van der Waals surface area contributed by atoms with E-state index in [1.165, 1.54) is 0 Å². The molecule has 1 amide bonds. The lowest BCUT2D eigenvalue weighted by Gasteiger charge is -2.09. The van der Waals surface area contributed by atoms with Crippen LogP contribution in [-0.4, -0.2) is 10.9 Å². The molecule has 3 rings (SSSR count). The number of nitrogens with zero attached hydrogens (tertiary/aromatic N) is 1. The third kappa shape index (κ3) is 5.08. The topological polar surface area (TPSA) is 77.2 Å². The van der Waals surface area contributed by atoms with Crippen LogP contribution in [0.3, 0.4) is 0 Å². The summed E-state index contributed by atoms with van der Waals surface area (Å²) >= 11 is 0. The van der Waals surface area contributed by atoms with Crippen molar-refractivity contribution < 1.29 is 9.53 Å². The SMILES string of the molecule is Cc1cccc(NC(=O)CCc2cccc(Oc3ccnc(N)c3)c2)c1. The minimum absolute atomic E-state index is 0.0103. The van der Waals surface area contributed by atoms with Crippen LogP contribution in [0, 0.1) is 6.92 Å². The Labute approximate surface area is 152 Å². The van der Waals surface area contributed by atoms with Crippen molar-refractivity contribution in [1.29, 1.82) is 0 Å². The molecular formula is C21H21N3O2. The predicted molar refractivity (Wildman–Crippen MR) is 103 cm³/mol. The quantitative estimate of drug-likeness (QED) is 0.695. The van der Waals surface area contributed by atoms with E-state index < -0.39 is 0 Å². The Balaban J connectivity index is 1.57. The molecule has 1 aromatic heterocycles. The number of anilines is 2. The van der Waals surface area contributed by atoms with E-state index in [-0.39, 0.29) is 5.91 Å². The first-order chi connectivity index (χ1) is 12.6. The Bertz CT molecular complexity index is 909. The van der Waals surface area contributed by atoms with Gasteiger partial charge in [0.1, 0.15) is 17.3 Å². The average molecular weight is 347 g/mol. The van der Waals surface area contributed by atoms with Crippen molar-refractivity contribution >= 4 is 17.4 Å². The van der Waals surface area contributed by atoms with Gasteiger partial charge in [-0.1, -0.05) is 24.3 Å². The van der Waals surface area contributed by atoms with E-state index in [1.54, 1.807) is 18.3 Å². The molecule has 5 nitrogen and oxygen atoms in total. The van der Waals surface area contributed by atoms with Gasteiger partial charge in [-0.05, 0) is 54.8 Å². The summed E-state index contributed by atoms with van der Waals surface area (Å²) < 4.78 is 5.79. The fourth-order valence-electron chi connectivity index (χ4n) is 2.60. The van der Waals surface area contributed by atoms with Gasteiger partial charge < -0.3 is 15.8 Å². The van der Waals surface area contributed by atoms with Crippen LogP contribution < -0.4 is 15.8 Å². The maximum atomic E-state index is 12.1. The molecule has 0 unspecified atom stereocenters. The van der Waals surface area contributed by atoms with Crippen LogP contribution >= 0.6 is 0 Å². The molecule has 0 atom stereocenters. The second kappa shape index (κ2) is 8.16. The second-order valence-electron chi connectivity index (χ2n) is 6.08. The van der Waals surface area contributed by atoms with Crippen molar-refractivity contribution in [1.82, 2.24) is 4.98 Å². The largest absolute Gasteiger partial charge is 0.457 e. The van der Waals surface area contributed by atoms with Gasteiger partial charge in [0.25, 0.3) is 0 Å². The Kier molecular flexibility index (Phi) is 5.49. The monoisotopic (exact) mass is 347 g/mol. The first kappa shape index (κ1) is 17.5. The number of hydrogen-bond donors (Lipinski definition) is 2. The second-order valence-corrected chi connectivity index (χ2v) is 6.08. The molecule has 0 bridgehead atoms. The van der Waals surface area contributed by atoms with Gasteiger partial charge in [-0.25, -0.2) is 4.98 Å². The summed E-state index contributed by atoms with van der Waals surface area (Å²) in [6, 6.07) is 18.9. The number of amides is 1. The van der Waals surface area contributed by atoms with Crippen LogP contribution in [-0.2, 0) is 11.2 Å². The number of nitrogens with two attached hydrogens (primary N) is 1. The molecule has 132 valence electrons. The van der Waals surface area contributed by atoms with Gasteiger partial charge in [-0.15, -0.1) is 0 Å². The Hall–Kier alpha value is -3.34. The molecule has 0 saturated carbocycles. The third-order valence-corrected chi connectivity index (χ3v) is 3.83. The molecule has 3 N–H and O–H groups in total. The molecule has 2 aromatic carbocycles. The fourth-order valence-corrected chi connectivity index (χ4v) is 2.60. The number of carbonyl (C=O) groups is 1. The van der Waals surface area contributed by atoms with Gasteiger partial charge in [0.2, 0.25) is 5.91 Å². The first-order valence-electron chi connectivity index (χ1n) is 8.43. The first-order valence-corrected chi connectivity index (χ1v) is 8.43. The lowest BCUT2D eigenvalue weighted by Crippen LogP contribution is -2.12. The number of carbonyl (C=O) groups excluding carboxylic acids is 1. The van der Waals surface area contributed by atoms with Crippen LogP contribution in [0.1, 0.15) is 17.5 Å². The number of benzene rings is 2. The zero-order valence-electron chi connectivity index (χ0n) is 14.6. The van der Waals surface area contributed by atoms with Crippen LogP contribution in [0.25, 0.3) is 0 Å². The summed E-state index contributed by atoms with van der Waals surface area (Å²) in [6.45, 7) is 2.00. The molecule has 1 heterocycles. The van der Waals surface area contributed by atoms with Crippen LogP contribution in [0.4, 0.5) is 11.5 Å². The van der Waals surface area contributed by atoms with Crippen LogP contribution in [0.15, 0.2) is 66.9 Å². The summed E-state index contributed by atoms with van der Waals surface area (Å²) in [5.41, 5.74) is 8.63. The molecule has 5 heteroatoms. The number of ether oxygens (including phenoxy) is 1. The number of nitrogens with one attached hydrogen (secondary N) is 1. The number of aromatic nitrogens is 1. The summed E-state index contributed by atoms with van der Waals surface area (Å²) in [6.07, 6.45) is 2.64. The maximum Gasteiger partial charge on any atom is 0.224 e. The average Bonchev–Trinajstić information content (AvgIpc) is 2.60. The highest BCUT2D eigenvalue weighted by Crippen LogP contribution is 2.23. The molecule has 0 aliphatic rings. The van der Waals surface area contributed by atoms with Crippen molar-refractivity contribution in [2.75, 3.05) is 11.1 Å². The van der Waals surface area contributed by atoms with E-state index in [1.807, 2.05) is 55.5 Å². The summed E-state index contributed by atoms with van der Waals surface area (Å²) in [5, 5.41) is 2.92. The molecule has 0 aliphatic heterocycles. The number of pyridine rings is 1. The van der Waals surface area contributed by atoms with Gasteiger partial charge in [0.15, 0.2) is 0 Å². The molecule has 0 spiro atoms. The van der Waals surface area contributed by atoms with Crippen molar-refractivity contribution in [2.45, 2.75) is 19.8 Å². The lowest BCUT2D eigenvalue weighted by atomic mass is 10.1. The molecular weight excluding hydrogens is 326 g/mol. The third-order valence-electron chi connectivity index (χ3n) is 3.83. The highest BCUT2D eigenvalue weighted by Gasteiger charge is 2.05. The van der Waals surface area contributed by atoms with Crippen LogP contribution in [0.2, 0.25) is 0 Å². The number of hydrogen-bond acceptors (Lipinski definition) is 4. The minimum Gasteiger partial charge on any atom is -0.457 e. The summed E-state index contributed by atoms with van der Waals surface area (Å²) in [7, 11) is 0. The van der Waals surface area contributed by atoms with E-state index >= 15 is 0 Å². The maximum absolute atomic E-state index is 12.1. The van der Waals surface area contributed by atoms with Gasteiger partial charge in [-0.2, -0.15) is 0 Å². The Morgan fingerprint density at radius 2 is 1.88 bits per heavy atom. The molecule has 26 heavy (non-hydrogen) atoms. The zero-order chi connectivity index (χ0) is 18.4. The fraction of sp³-hybridized carbons (Fsp3) is 0.143. The molecule has 0 fully saturated rings. The summed E-state index contributed by atoms with van der Waals surface area (Å²) in [4.78, 5) is 16.1. The Morgan fingerprint density at radius 1 is 1.08 bits per heavy atom. The van der Waals surface area contributed by atoms with Crippen molar-refractivity contribution in [3.05, 3.63) is 78.0 Å². The van der Waals surface area contributed by atoms with E-state index in [0.717, 1.165) is 16.8 Å². The van der Waals surface area contributed by atoms with Gasteiger partial charge in [0.05, 0.1) is 0 Å². The highest BCUT2D eigenvalue weighted by molar-refractivity contribution is 5.90. The van der Waals surface area contributed by atoms with Gasteiger partial charge in [-0.3, -0.25) is 4.79 Å². The predicted octanol–water partition coefficient (Wildman–Crippen LogP) is 4.34. The molecule has 0 radical (unpaired) electrons. The summed E-state index contributed by atoms with van der Waals surface area (Å²) in [5.74, 6) is 1.73. The van der Waals surface area contributed by atoms with Crippen molar-refractivity contribution in [3.8, 4) is 11.5 Å². The number of rotatable bonds is 6. The van der Waals surface area contributed by atoms with E-state index in [9.17, 15) is 4.79 Å².